The number of fused-ring (bicyclic) bond motifs is 1. The summed E-state index contributed by atoms with van der Waals surface area (Å²) in [6.07, 6.45) is 2.14. The number of hydrogen-bond donors (Lipinski definition) is 1. The summed E-state index contributed by atoms with van der Waals surface area (Å²) in [6, 6.07) is 9.30. The van der Waals surface area contributed by atoms with Gasteiger partial charge < -0.3 is 4.42 Å². The first-order valence-electron chi connectivity index (χ1n) is 8.30. The Bertz CT molecular complexity index is 1100. The van der Waals surface area contributed by atoms with E-state index in [1.165, 1.54) is 35.0 Å². The number of aliphatic imine (C=N–C) groups is 1. The van der Waals surface area contributed by atoms with E-state index in [0.29, 0.717) is 28.7 Å². The summed E-state index contributed by atoms with van der Waals surface area (Å²) in [5, 5.41) is 25.8. The summed E-state index contributed by atoms with van der Waals surface area (Å²) in [7, 11) is 0. The number of hydrazone groups is 1. The molecule has 3 heterocycles. The van der Waals surface area contributed by atoms with Gasteiger partial charge in [0.15, 0.2) is 5.84 Å². The van der Waals surface area contributed by atoms with Crippen molar-refractivity contribution in [2.45, 2.75) is 13.3 Å². The Morgan fingerprint density at radius 1 is 1.29 bits per heavy atom. The van der Waals surface area contributed by atoms with Crippen LogP contribution in [0.2, 0.25) is 0 Å². The fourth-order valence-corrected chi connectivity index (χ4v) is 3.47. The third-order valence-electron chi connectivity index (χ3n) is 4.07. The molecule has 0 spiro atoms. The van der Waals surface area contributed by atoms with Gasteiger partial charge in [0, 0.05) is 17.7 Å². The summed E-state index contributed by atoms with van der Waals surface area (Å²) in [6.45, 7) is 1.94. The first-order chi connectivity index (χ1) is 13.5. The van der Waals surface area contributed by atoms with Gasteiger partial charge in [0.2, 0.25) is 5.17 Å². The maximum absolute atomic E-state index is 12.3. The van der Waals surface area contributed by atoms with Gasteiger partial charge in [0.1, 0.15) is 16.6 Å². The van der Waals surface area contributed by atoms with E-state index in [9.17, 15) is 14.9 Å². The van der Waals surface area contributed by atoms with Crippen molar-refractivity contribution in [3.63, 3.8) is 0 Å². The number of rotatable bonds is 4. The molecular formula is C18H13N5O4S. The molecule has 0 saturated carbocycles. The highest BCUT2D eigenvalue weighted by molar-refractivity contribution is 8.26. The molecule has 2 aliphatic heterocycles. The number of carbonyl (C=O) groups is 1. The molecule has 140 valence electrons. The van der Waals surface area contributed by atoms with Gasteiger partial charge >= 0.3 is 0 Å². The van der Waals surface area contributed by atoms with Crippen LogP contribution in [0.3, 0.4) is 0 Å². The largest absolute Gasteiger partial charge is 0.457 e. The molecule has 2 aromatic rings. The van der Waals surface area contributed by atoms with Crippen LogP contribution in [-0.4, -0.2) is 31.9 Å². The van der Waals surface area contributed by atoms with Crippen LogP contribution in [0.4, 0.5) is 5.69 Å². The molecule has 0 bridgehead atoms. The van der Waals surface area contributed by atoms with Crippen molar-refractivity contribution >= 4 is 45.5 Å². The van der Waals surface area contributed by atoms with Gasteiger partial charge in [-0.25, -0.2) is 0 Å². The van der Waals surface area contributed by atoms with Crippen LogP contribution in [0.1, 0.15) is 19.1 Å². The third-order valence-corrected chi connectivity index (χ3v) is 5.13. The summed E-state index contributed by atoms with van der Waals surface area (Å²) >= 11 is 1.28. The number of nitro benzene ring substituents is 1. The van der Waals surface area contributed by atoms with Gasteiger partial charge in [0.05, 0.1) is 10.5 Å². The Labute approximate surface area is 163 Å². The van der Waals surface area contributed by atoms with E-state index in [0.717, 1.165) is 5.04 Å². The first kappa shape index (κ1) is 17.9. The molecule has 2 aliphatic rings. The molecule has 0 atom stereocenters. The average molecular weight is 395 g/mol. The maximum Gasteiger partial charge on any atom is 0.283 e. The van der Waals surface area contributed by atoms with Gasteiger partial charge in [-0.15, -0.1) is 0 Å². The normalized spacial score (nSPS) is 17.6. The Hall–Kier alpha value is -3.53. The van der Waals surface area contributed by atoms with Crippen molar-refractivity contribution in [2.24, 2.45) is 10.1 Å². The number of furan rings is 1. The second kappa shape index (κ2) is 6.89. The lowest BCUT2D eigenvalue weighted by Crippen LogP contribution is -2.35. The minimum absolute atomic E-state index is 0.0111. The van der Waals surface area contributed by atoms with Crippen molar-refractivity contribution in [1.29, 1.82) is 5.41 Å². The number of non-ortho nitro benzene ring substituents is 1. The maximum atomic E-state index is 12.3. The fraction of sp³-hybridized carbons (Fsp3) is 0.111. The number of amides is 1. The van der Waals surface area contributed by atoms with Gasteiger partial charge in [-0.3, -0.25) is 20.3 Å². The zero-order valence-electron chi connectivity index (χ0n) is 14.6. The average Bonchev–Trinajstić information content (AvgIpc) is 3.32. The van der Waals surface area contributed by atoms with E-state index in [1.54, 1.807) is 24.3 Å². The lowest BCUT2D eigenvalue weighted by Gasteiger charge is -2.19. The third kappa shape index (κ3) is 3.14. The van der Waals surface area contributed by atoms with E-state index in [2.05, 4.69) is 10.1 Å². The summed E-state index contributed by atoms with van der Waals surface area (Å²) in [4.78, 5) is 26.6. The molecule has 4 rings (SSSR count). The molecule has 0 fully saturated rings. The second-order valence-corrected chi connectivity index (χ2v) is 6.91. The van der Waals surface area contributed by atoms with Gasteiger partial charge in [-0.05, 0) is 48.5 Å². The molecule has 0 aliphatic carbocycles. The standard InChI is InChI=1S/C18H13N5O4S/c1-2-15-21-22-16(19)13(17(24)20-18(22)28-15)9-12-7-8-14(27-12)10-3-5-11(6-4-10)23(25)26/h3-9,19H,2H2,1H3/b13-9-,19-16?. The van der Waals surface area contributed by atoms with Crippen LogP contribution in [0.5, 0.6) is 0 Å². The zero-order chi connectivity index (χ0) is 19.8. The molecule has 28 heavy (non-hydrogen) atoms. The van der Waals surface area contributed by atoms with Crippen molar-refractivity contribution in [3.8, 4) is 11.3 Å². The predicted octanol–water partition coefficient (Wildman–Crippen LogP) is 3.88. The number of thioether (sulfide) groups is 1. The summed E-state index contributed by atoms with van der Waals surface area (Å²) in [5.41, 5.74) is 0.729. The molecular weight excluding hydrogens is 382 g/mol. The van der Waals surface area contributed by atoms with E-state index in [4.69, 9.17) is 9.83 Å². The van der Waals surface area contributed by atoms with Crippen LogP contribution in [0, 0.1) is 15.5 Å². The highest BCUT2D eigenvalue weighted by atomic mass is 32.2. The SMILES string of the molecule is CCC1=NN2C(=N)/C(=C/c3ccc(-c4ccc([N+](=O)[O-])cc4)o3)C(=O)N=C2S1. The van der Waals surface area contributed by atoms with Crippen molar-refractivity contribution in [3.05, 3.63) is 57.8 Å². The number of nitrogens with one attached hydrogen (secondary N) is 1. The lowest BCUT2D eigenvalue weighted by atomic mass is 10.1. The van der Waals surface area contributed by atoms with Crippen molar-refractivity contribution in [1.82, 2.24) is 5.01 Å². The number of amidine groups is 2. The topological polar surface area (TPSA) is 125 Å². The highest BCUT2D eigenvalue weighted by Crippen LogP contribution is 2.30. The molecule has 0 unspecified atom stereocenters. The lowest BCUT2D eigenvalue weighted by molar-refractivity contribution is -0.384. The summed E-state index contributed by atoms with van der Waals surface area (Å²) < 4.78 is 5.72. The molecule has 1 amide bonds. The Morgan fingerprint density at radius 2 is 2.04 bits per heavy atom. The fourth-order valence-electron chi connectivity index (χ4n) is 2.65. The van der Waals surface area contributed by atoms with E-state index >= 15 is 0 Å². The smallest absolute Gasteiger partial charge is 0.283 e. The first-order valence-corrected chi connectivity index (χ1v) is 9.11. The van der Waals surface area contributed by atoms with Gasteiger partial charge in [-0.1, -0.05) is 6.92 Å². The van der Waals surface area contributed by atoms with Crippen LogP contribution < -0.4 is 0 Å². The second-order valence-electron chi connectivity index (χ2n) is 5.87. The minimum atomic E-state index is -0.524. The number of nitrogens with zero attached hydrogens (tertiary/aromatic N) is 4. The molecule has 9 nitrogen and oxygen atoms in total. The van der Waals surface area contributed by atoms with Crippen LogP contribution in [0.25, 0.3) is 17.4 Å². The van der Waals surface area contributed by atoms with E-state index < -0.39 is 10.8 Å². The van der Waals surface area contributed by atoms with Gasteiger partial charge in [0.25, 0.3) is 11.6 Å². The quantitative estimate of drug-likeness (QED) is 0.476. The monoisotopic (exact) mass is 395 g/mol. The highest BCUT2D eigenvalue weighted by Gasteiger charge is 2.35. The molecule has 0 saturated heterocycles. The van der Waals surface area contributed by atoms with Gasteiger partial charge in [-0.2, -0.15) is 15.1 Å². The van der Waals surface area contributed by atoms with Crippen LogP contribution in [-0.2, 0) is 4.79 Å². The number of hydrogen-bond acceptors (Lipinski definition) is 7. The number of benzene rings is 1. The number of nitro groups is 1. The Morgan fingerprint density at radius 3 is 2.71 bits per heavy atom. The van der Waals surface area contributed by atoms with Crippen molar-refractivity contribution in [2.75, 3.05) is 0 Å². The molecule has 1 N–H and O–H groups in total. The predicted molar refractivity (Wildman–Crippen MR) is 106 cm³/mol. The molecule has 1 aromatic heterocycles. The Balaban J connectivity index is 1.62. The molecule has 0 radical (unpaired) electrons. The zero-order valence-corrected chi connectivity index (χ0v) is 15.4. The number of carbonyl (C=O) groups excluding carboxylic acids is 1. The van der Waals surface area contributed by atoms with E-state index in [1.807, 2.05) is 6.92 Å². The molecule has 10 heteroatoms. The Kier molecular flexibility index (Phi) is 4.40. The van der Waals surface area contributed by atoms with Crippen molar-refractivity contribution < 1.29 is 14.1 Å². The van der Waals surface area contributed by atoms with E-state index in [-0.39, 0.29) is 17.1 Å². The molecule has 1 aromatic carbocycles. The van der Waals surface area contributed by atoms with Crippen LogP contribution >= 0.6 is 11.8 Å². The summed E-state index contributed by atoms with van der Waals surface area (Å²) in [5.74, 6) is 0.277. The minimum Gasteiger partial charge on any atom is -0.457 e. The van der Waals surface area contributed by atoms with Crippen LogP contribution in [0.15, 0.2) is 56.5 Å².